The SMILES string of the molecule is COc1ccc(OC=C(C)C(=Nc2ccccc2)Oc2cc(C)cc(C)c2)cc1. The molecule has 3 rings (SSSR count). The topological polar surface area (TPSA) is 40.0 Å². The molecule has 0 radical (unpaired) electrons. The lowest BCUT2D eigenvalue weighted by atomic mass is 10.1. The first kappa shape index (κ1) is 20.2. The van der Waals surface area contributed by atoms with E-state index in [0.717, 1.165) is 33.9 Å². The lowest BCUT2D eigenvalue weighted by molar-refractivity contribution is 0.412. The summed E-state index contributed by atoms with van der Waals surface area (Å²) in [5, 5.41) is 0. The van der Waals surface area contributed by atoms with E-state index in [1.165, 1.54) is 0 Å². The lowest BCUT2D eigenvalue weighted by Gasteiger charge is -2.12. The van der Waals surface area contributed by atoms with Gasteiger partial charge in [-0.05, 0) is 80.4 Å². The zero-order chi connectivity index (χ0) is 20.6. The van der Waals surface area contributed by atoms with Crippen LogP contribution in [-0.4, -0.2) is 13.0 Å². The second-order valence-electron chi connectivity index (χ2n) is 6.77. The molecule has 4 heteroatoms. The fourth-order valence-electron chi connectivity index (χ4n) is 2.78. The molecule has 0 spiro atoms. The number of hydrogen-bond acceptors (Lipinski definition) is 4. The minimum absolute atomic E-state index is 0.481. The van der Waals surface area contributed by atoms with Gasteiger partial charge < -0.3 is 14.2 Å². The van der Waals surface area contributed by atoms with Gasteiger partial charge in [0.25, 0.3) is 0 Å². The number of ether oxygens (including phenoxy) is 3. The van der Waals surface area contributed by atoms with E-state index in [2.05, 4.69) is 11.1 Å². The summed E-state index contributed by atoms with van der Waals surface area (Å²) in [7, 11) is 1.64. The van der Waals surface area contributed by atoms with Crippen molar-refractivity contribution in [3.8, 4) is 17.2 Å². The molecule has 0 aliphatic heterocycles. The fraction of sp³-hybridized carbons (Fsp3) is 0.160. The Morgan fingerprint density at radius 2 is 1.41 bits per heavy atom. The predicted molar refractivity (Wildman–Crippen MR) is 117 cm³/mol. The standard InChI is InChI=1S/C25H25NO3/c1-18-14-19(2)16-24(15-18)29-25(26-21-8-6-5-7-9-21)20(3)17-28-23-12-10-22(27-4)11-13-23/h5-17H,1-4H3. The molecule has 0 aliphatic rings. The minimum Gasteiger partial charge on any atom is -0.497 e. The molecule has 0 aromatic heterocycles. The van der Waals surface area contributed by atoms with Gasteiger partial charge in [-0.15, -0.1) is 0 Å². The highest BCUT2D eigenvalue weighted by molar-refractivity contribution is 5.96. The smallest absolute Gasteiger partial charge is 0.225 e. The van der Waals surface area contributed by atoms with Crippen LogP contribution in [0.15, 0.2) is 89.6 Å². The monoisotopic (exact) mass is 387 g/mol. The first-order chi connectivity index (χ1) is 14.0. The van der Waals surface area contributed by atoms with Crippen molar-refractivity contribution >= 4 is 11.6 Å². The van der Waals surface area contributed by atoms with Crippen LogP contribution >= 0.6 is 0 Å². The van der Waals surface area contributed by atoms with E-state index >= 15 is 0 Å². The third-order valence-corrected chi connectivity index (χ3v) is 4.17. The number of benzene rings is 3. The maximum Gasteiger partial charge on any atom is 0.225 e. The summed E-state index contributed by atoms with van der Waals surface area (Å²) in [5.41, 5.74) is 3.85. The molecule has 0 N–H and O–H groups in total. The Labute approximate surface area is 172 Å². The van der Waals surface area contributed by atoms with Gasteiger partial charge in [-0.1, -0.05) is 24.3 Å². The maximum atomic E-state index is 6.15. The Bertz CT molecular complexity index is 986. The average Bonchev–Trinajstić information content (AvgIpc) is 2.72. The summed E-state index contributed by atoms with van der Waals surface area (Å²) in [6.07, 6.45) is 1.65. The molecule has 0 heterocycles. The third kappa shape index (κ3) is 5.98. The molecule has 4 nitrogen and oxygen atoms in total. The van der Waals surface area contributed by atoms with Crippen molar-refractivity contribution in [3.63, 3.8) is 0 Å². The number of aryl methyl sites for hydroxylation is 2. The van der Waals surface area contributed by atoms with Crippen LogP contribution in [0.3, 0.4) is 0 Å². The van der Waals surface area contributed by atoms with E-state index < -0.39 is 0 Å². The van der Waals surface area contributed by atoms with Crippen LogP contribution in [0.1, 0.15) is 18.1 Å². The van der Waals surface area contributed by atoms with E-state index in [0.29, 0.717) is 11.6 Å². The molecular weight excluding hydrogens is 362 g/mol. The average molecular weight is 387 g/mol. The molecule has 29 heavy (non-hydrogen) atoms. The van der Waals surface area contributed by atoms with Crippen LogP contribution in [0.5, 0.6) is 17.2 Å². The summed E-state index contributed by atoms with van der Waals surface area (Å²) >= 11 is 0. The summed E-state index contributed by atoms with van der Waals surface area (Å²) in [6.45, 7) is 6.00. The second kappa shape index (κ2) is 9.60. The molecule has 0 bridgehead atoms. The number of aliphatic imine (C=N–C) groups is 1. The third-order valence-electron chi connectivity index (χ3n) is 4.17. The molecule has 0 fully saturated rings. The summed E-state index contributed by atoms with van der Waals surface area (Å²) in [4.78, 5) is 4.68. The normalized spacial score (nSPS) is 11.9. The van der Waals surface area contributed by atoms with E-state index in [9.17, 15) is 0 Å². The van der Waals surface area contributed by atoms with Crippen LogP contribution in [0.4, 0.5) is 5.69 Å². The Kier molecular flexibility index (Phi) is 6.69. The number of hydrogen-bond donors (Lipinski definition) is 0. The lowest BCUT2D eigenvalue weighted by Crippen LogP contribution is -2.11. The van der Waals surface area contributed by atoms with Gasteiger partial charge in [-0.2, -0.15) is 0 Å². The Morgan fingerprint density at radius 3 is 2.03 bits per heavy atom. The van der Waals surface area contributed by atoms with E-state index in [4.69, 9.17) is 14.2 Å². The molecule has 3 aromatic carbocycles. The first-order valence-electron chi connectivity index (χ1n) is 9.41. The minimum atomic E-state index is 0.481. The number of methoxy groups -OCH3 is 1. The van der Waals surface area contributed by atoms with Gasteiger partial charge in [-0.25, -0.2) is 4.99 Å². The fourth-order valence-corrected chi connectivity index (χ4v) is 2.78. The summed E-state index contributed by atoms with van der Waals surface area (Å²) < 4.78 is 17.1. The molecule has 0 unspecified atom stereocenters. The summed E-state index contributed by atoms with van der Waals surface area (Å²) in [6, 6.07) is 23.2. The maximum absolute atomic E-state index is 6.15. The van der Waals surface area contributed by atoms with Crippen molar-refractivity contribution in [2.75, 3.05) is 7.11 Å². The predicted octanol–water partition coefficient (Wildman–Crippen LogP) is 6.40. The van der Waals surface area contributed by atoms with E-state index in [1.807, 2.05) is 87.5 Å². The quantitative estimate of drug-likeness (QED) is 0.279. The van der Waals surface area contributed by atoms with Gasteiger partial charge >= 0.3 is 0 Å². The van der Waals surface area contributed by atoms with Crippen LogP contribution in [-0.2, 0) is 0 Å². The zero-order valence-electron chi connectivity index (χ0n) is 17.2. The van der Waals surface area contributed by atoms with Gasteiger partial charge in [0.2, 0.25) is 5.90 Å². The van der Waals surface area contributed by atoms with Crippen molar-refractivity contribution in [1.82, 2.24) is 0 Å². The Morgan fingerprint density at radius 1 is 0.793 bits per heavy atom. The van der Waals surface area contributed by atoms with Crippen molar-refractivity contribution in [3.05, 3.63) is 95.8 Å². The molecule has 0 atom stereocenters. The van der Waals surface area contributed by atoms with E-state index in [1.54, 1.807) is 13.4 Å². The van der Waals surface area contributed by atoms with Crippen LogP contribution < -0.4 is 14.2 Å². The van der Waals surface area contributed by atoms with Gasteiger partial charge in [0.05, 0.1) is 19.1 Å². The largest absolute Gasteiger partial charge is 0.497 e. The molecule has 148 valence electrons. The van der Waals surface area contributed by atoms with Crippen LogP contribution in [0, 0.1) is 13.8 Å². The van der Waals surface area contributed by atoms with Crippen LogP contribution in [0.25, 0.3) is 0 Å². The Balaban J connectivity index is 1.87. The molecule has 0 amide bonds. The van der Waals surface area contributed by atoms with Gasteiger partial charge in [-0.3, -0.25) is 0 Å². The summed E-state index contributed by atoms with van der Waals surface area (Å²) in [5.74, 6) is 2.71. The number of nitrogens with zero attached hydrogens (tertiary/aromatic N) is 1. The van der Waals surface area contributed by atoms with E-state index in [-0.39, 0.29) is 0 Å². The first-order valence-corrected chi connectivity index (χ1v) is 9.41. The van der Waals surface area contributed by atoms with Crippen molar-refractivity contribution in [2.24, 2.45) is 4.99 Å². The van der Waals surface area contributed by atoms with Crippen molar-refractivity contribution < 1.29 is 14.2 Å². The molecule has 0 aliphatic carbocycles. The van der Waals surface area contributed by atoms with Gasteiger partial charge in [0.15, 0.2) is 0 Å². The number of rotatable bonds is 6. The highest BCUT2D eigenvalue weighted by Crippen LogP contribution is 2.21. The Hall–Kier alpha value is -3.53. The van der Waals surface area contributed by atoms with Crippen LogP contribution in [0.2, 0.25) is 0 Å². The molecule has 0 saturated heterocycles. The van der Waals surface area contributed by atoms with Crippen molar-refractivity contribution in [1.29, 1.82) is 0 Å². The molecule has 0 saturated carbocycles. The molecular formula is C25H25NO3. The zero-order valence-corrected chi connectivity index (χ0v) is 17.2. The van der Waals surface area contributed by atoms with Crippen molar-refractivity contribution in [2.45, 2.75) is 20.8 Å². The highest BCUT2D eigenvalue weighted by atomic mass is 16.5. The second-order valence-corrected chi connectivity index (χ2v) is 6.77. The van der Waals surface area contributed by atoms with Gasteiger partial charge in [0.1, 0.15) is 17.2 Å². The number of para-hydroxylation sites is 1. The van der Waals surface area contributed by atoms with Gasteiger partial charge in [0, 0.05) is 5.57 Å². The molecule has 3 aromatic rings. The highest BCUT2D eigenvalue weighted by Gasteiger charge is 2.09.